The van der Waals surface area contributed by atoms with Crippen LogP contribution in [-0.2, 0) is 6.54 Å². The molecule has 0 aliphatic carbocycles. The zero-order valence-electron chi connectivity index (χ0n) is 9.99. The molecule has 1 aromatic rings. The van der Waals surface area contributed by atoms with E-state index >= 15 is 0 Å². The van der Waals surface area contributed by atoms with Gasteiger partial charge in [0.25, 0.3) is 0 Å². The minimum atomic E-state index is 0.995. The number of likely N-dealkylation sites (tertiary alicyclic amines) is 1. The smallest absolute Gasteiger partial charge is 0.0206 e. The van der Waals surface area contributed by atoms with Crippen molar-refractivity contribution in [1.29, 1.82) is 0 Å². The molecule has 2 heteroatoms. The van der Waals surface area contributed by atoms with Gasteiger partial charge in [0.1, 0.15) is 0 Å². The Morgan fingerprint density at radius 2 is 1.75 bits per heavy atom. The van der Waals surface area contributed by atoms with E-state index in [9.17, 15) is 0 Å². The van der Waals surface area contributed by atoms with Crippen molar-refractivity contribution in [2.45, 2.75) is 25.8 Å². The van der Waals surface area contributed by atoms with E-state index in [1.807, 2.05) is 0 Å². The van der Waals surface area contributed by atoms with Gasteiger partial charge in [0.15, 0.2) is 0 Å². The quantitative estimate of drug-likeness (QED) is 0.763. The van der Waals surface area contributed by atoms with Crippen LogP contribution in [0.3, 0.4) is 0 Å². The van der Waals surface area contributed by atoms with Gasteiger partial charge in [0, 0.05) is 19.6 Å². The van der Waals surface area contributed by atoms with Gasteiger partial charge >= 0.3 is 0 Å². The standard InChI is InChI=1S/C14H22N2/c1-3-7-14(8-4-1)13-15-9-12-16-10-5-2-6-11-16/h1,3-4,7-8,15H,2,5-6,9-13H2. The highest BCUT2D eigenvalue weighted by Gasteiger charge is 2.08. The van der Waals surface area contributed by atoms with E-state index in [2.05, 4.69) is 40.5 Å². The summed E-state index contributed by atoms with van der Waals surface area (Å²) in [6.45, 7) is 5.90. The minimum Gasteiger partial charge on any atom is -0.311 e. The highest BCUT2D eigenvalue weighted by molar-refractivity contribution is 5.14. The van der Waals surface area contributed by atoms with Gasteiger partial charge in [-0.1, -0.05) is 36.8 Å². The maximum absolute atomic E-state index is 3.51. The molecule has 0 radical (unpaired) electrons. The predicted octanol–water partition coefficient (Wildman–Crippen LogP) is 2.26. The van der Waals surface area contributed by atoms with Crippen LogP contribution >= 0.6 is 0 Å². The van der Waals surface area contributed by atoms with Gasteiger partial charge in [-0.15, -0.1) is 0 Å². The van der Waals surface area contributed by atoms with E-state index in [4.69, 9.17) is 0 Å². The maximum atomic E-state index is 3.51. The summed E-state index contributed by atoms with van der Waals surface area (Å²) >= 11 is 0. The van der Waals surface area contributed by atoms with Crippen molar-refractivity contribution in [2.24, 2.45) is 0 Å². The van der Waals surface area contributed by atoms with Crippen molar-refractivity contribution < 1.29 is 0 Å². The lowest BCUT2D eigenvalue weighted by Gasteiger charge is -2.26. The molecule has 0 spiro atoms. The second-order valence-electron chi connectivity index (χ2n) is 4.56. The highest BCUT2D eigenvalue weighted by Crippen LogP contribution is 2.07. The number of nitrogens with zero attached hydrogens (tertiary/aromatic N) is 1. The number of benzene rings is 1. The monoisotopic (exact) mass is 218 g/mol. The number of nitrogens with one attached hydrogen (secondary N) is 1. The Kier molecular flexibility index (Phi) is 4.84. The summed E-state index contributed by atoms with van der Waals surface area (Å²) in [6.07, 6.45) is 4.20. The number of hydrogen-bond donors (Lipinski definition) is 1. The molecule has 1 N–H and O–H groups in total. The normalized spacial score (nSPS) is 17.5. The van der Waals surface area contributed by atoms with Gasteiger partial charge in [0.05, 0.1) is 0 Å². The summed E-state index contributed by atoms with van der Waals surface area (Å²) in [7, 11) is 0. The topological polar surface area (TPSA) is 15.3 Å². The van der Waals surface area contributed by atoms with Crippen molar-refractivity contribution in [3.8, 4) is 0 Å². The SMILES string of the molecule is c1ccc(CNCCN2CCCCC2)cc1. The second kappa shape index (κ2) is 6.66. The second-order valence-corrected chi connectivity index (χ2v) is 4.56. The van der Waals surface area contributed by atoms with Crippen molar-refractivity contribution in [3.63, 3.8) is 0 Å². The molecular formula is C14H22N2. The van der Waals surface area contributed by atoms with Gasteiger partial charge in [-0.25, -0.2) is 0 Å². The summed E-state index contributed by atoms with van der Waals surface area (Å²) in [4.78, 5) is 2.57. The van der Waals surface area contributed by atoms with Gasteiger partial charge in [-0.3, -0.25) is 0 Å². The maximum Gasteiger partial charge on any atom is 0.0206 e. The molecule has 0 amide bonds. The van der Waals surface area contributed by atoms with E-state index < -0.39 is 0 Å². The number of piperidine rings is 1. The molecule has 1 fully saturated rings. The van der Waals surface area contributed by atoms with Crippen molar-refractivity contribution >= 4 is 0 Å². The first kappa shape index (κ1) is 11.6. The average Bonchev–Trinajstić information content (AvgIpc) is 2.37. The van der Waals surface area contributed by atoms with Crippen LogP contribution in [0.25, 0.3) is 0 Å². The molecule has 1 aliphatic heterocycles. The lowest BCUT2D eigenvalue weighted by Crippen LogP contribution is -2.35. The van der Waals surface area contributed by atoms with Gasteiger partial charge in [-0.2, -0.15) is 0 Å². The van der Waals surface area contributed by atoms with E-state index in [1.165, 1.54) is 44.5 Å². The molecule has 0 bridgehead atoms. The number of hydrogen-bond acceptors (Lipinski definition) is 2. The van der Waals surface area contributed by atoms with Crippen molar-refractivity contribution in [3.05, 3.63) is 35.9 Å². The Hall–Kier alpha value is -0.860. The Labute approximate surface area is 98.7 Å². The molecule has 1 aliphatic rings. The Morgan fingerprint density at radius 3 is 2.50 bits per heavy atom. The number of rotatable bonds is 5. The zero-order chi connectivity index (χ0) is 11.1. The van der Waals surface area contributed by atoms with Crippen LogP contribution in [0.1, 0.15) is 24.8 Å². The molecule has 1 heterocycles. The van der Waals surface area contributed by atoms with Crippen LogP contribution in [0.4, 0.5) is 0 Å². The molecule has 0 atom stereocenters. The molecule has 16 heavy (non-hydrogen) atoms. The zero-order valence-corrected chi connectivity index (χ0v) is 9.99. The Morgan fingerprint density at radius 1 is 1.00 bits per heavy atom. The molecule has 0 aromatic heterocycles. The van der Waals surface area contributed by atoms with E-state index in [0.717, 1.165) is 13.1 Å². The molecule has 2 rings (SSSR count). The predicted molar refractivity (Wildman–Crippen MR) is 68.4 cm³/mol. The van der Waals surface area contributed by atoms with Gasteiger partial charge in [0.2, 0.25) is 0 Å². The van der Waals surface area contributed by atoms with Crippen LogP contribution in [0, 0.1) is 0 Å². The Bertz CT molecular complexity index is 278. The fourth-order valence-corrected chi connectivity index (χ4v) is 2.25. The summed E-state index contributed by atoms with van der Waals surface area (Å²) in [5.74, 6) is 0. The third-order valence-electron chi connectivity index (χ3n) is 3.23. The van der Waals surface area contributed by atoms with Crippen LogP contribution in [0.15, 0.2) is 30.3 Å². The lowest BCUT2D eigenvalue weighted by atomic mass is 10.1. The highest BCUT2D eigenvalue weighted by atomic mass is 15.1. The minimum absolute atomic E-state index is 0.995. The van der Waals surface area contributed by atoms with Crippen molar-refractivity contribution in [1.82, 2.24) is 10.2 Å². The molecule has 88 valence electrons. The average molecular weight is 218 g/mol. The molecule has 2 nitrogen and oxygen atoms in total. The van der Waals surface area contributed by atoms with Crippen LogP contribution in [0.2, 0.25) is 0 Å². The largest absolute Gasteiger partial charge is 0.311 e. The van der Waals surface area contributed by atoms with Crippen LogP contribution in [-0.4, -0.2) is 31.1 Å². The first-order valence-corrected chi connectivity index (χ1v) is 6.42. The van der Waals surface area contributed by atoms with Crippen molar-refractivity contribution in [2.75, 3.05) is 26.2 Å². The third-order valence-corrected chi connectivity index (χ3v) is 3.23. The summed E-state index contributed by atoms with van der Waals surface area (Å²) < 4.78 is 0. The lowest BCUT2D eigenvalue weighted by molar-refractivity contribution is 0.229. The first-order valence-electron chi connectivity index (χ1n) is 6.42. The summed E-state index contributed by atoms with van der Waals surface area (Å²) in [5, 5.41) is 3.51. The first-order chi connectivity index (χ1) is 7.95. The molecule has 1 aromatic carbocycles. The summed E-state index contributed by atoms with van der Waals surface area (Å²) in [6, 6.07) is 10.6. The third kappa shape index (κ3) is 3.95. The molecule has 1 saturated heterocycles. The molecule has 0 unspecified atom stereocenters. The van der Waals surface area contributed by atoms with Crippen LogP contribution in [0.5, 0.6) is 0 Å². The Balaban J connectivity index is 1.58. The van der Waals surface area contributed by atoms with E-state index in [-0.39, 0.29) is 0 Å². The van der Waals surface area contributed by atoms with E-state index in [0.29, 0.717) is 0 Å². The summed E-state index contributed by atoms with van der Waals surface area (Å²) in [5.41, 5.74) is 1.38. The fraction of sp³-hybridized carbons (Fsp3) is 0.571. The fourth-order valence-electron chi connectivity index (χ4n) is 2.25. The van der Waals surface area contributed by atoms with Gasteiger partial charge < -0.3 is 10.2 Å². The molecular weight excluding hydrogens is 196 g/mol. The van der Waals surface area contributed by atoms with Crippen LogP contribution < -0.4 is 5.32 Å². The van der Waals surface area contributed by atoms with E-state index in [1.54, 1.807) is 0 Å². The molecule has 0 saturated carbocycles. The van der Waals surface area contributed by atoms with Gasteiger partial charge in [-0.05, 0) is 31.5 Å².